The van der Waals surface area contributed by atoms with Crippen LogP contribution in [0.15, 0.2) is 24.3 Å². The molecule has 1 heterocycles. The van der Waals surface area contributed by atoms with Crippen molar-refractivity contribution in [2.24, 2.45) is 11.8 Å². The first-order valence-electron chi connectivity index (χ1n) is 5.94. The maximum atomic E-state index is 9.62. The Bertz CT molecular complexity index is 308. The average molecular weight is 206 g/mol. The molecule has 4 atom stereocenters. The van der Waals surface area contributed by atoms with E-state index >= 15 is 0 Å². The van der Waals surface area contributed by atoms with Gasteiger partial charge in [0.05, 0.1) is 18.3 Å². The number of rotatable bonds is 1. The van der Waals surface area contributed by atoms with Crippen molar-refractivity contribution in [3.05, 3.63) is 24.3 Å². The Morgan fingerprint density at radius 1 is 1.13 bits per heavy atom. The summed E-state index contributed by atoms with van der Waals surface area (Å²) in [6, 6.07) is 0. The van der Waals surface area contributed by atoms with E-state index in [0.29, 0.717) is 17.9 Å². The van der Waals surface area contributed by atoms with Crippen molar-refractivity contribution in [3.63, 3.8) is 0 Å². The third-order valence-corrected chi connectivity index (χ3v) is 4.29. The molecule has 82 valence electrons. The zero-order chi connectivity index (χ0) is 10.3. The third-order valence-electron chi connectivity index (χ3n) is 4.29. The molecule has 3 aliphatic rings. The van der Waals surface area contributed by atoms with Crippen molar-refractivity contribution in [1.29, 1.82) is 0 Å². The SMILES string of the molecule is OC[C@]12CC=CC[C@H]1[C@H]1CC=CC[C@@H]1O2. The Labute approximate surface area is 90.6 Å². The number of ether oxygens (including phenoxy) is 1. The number of fused-ring (bicyclic) bond motifs is 3. The third kappa shape index (κ3) is 1.31. The number of hydrogen-bond acceptors (Lipinski definition) is 2. The fraction of sp³-hybridized carbons (Fsp3) is 0.692. The standard InChI is InChI=1S/C13H18O2/c14-9-13-8-4-3-6-11(13)10-5-1-2-7-12(10)15-13/h1-4,10-12,14H,5-9H2/t10-,11+,12+,13-/m1/s1. The van der Waals surface area contributed by atoms with Crippen molar-refractivity contribution >= 4 is 0 Å². The summed E-state index contributed by atoms with van der Waals surface area (Å²) < 4.78 is 6.15. The van der Waals surface area contributed by atoms with Crippen LogP contribution in [0.1, 0.15) is 25.7 Å². The molecule has 2 nitrogen and oxygen atoms in total. The van der Waals surface area contributed by atoms with Crippen LogP contribution in [0.5, 0.6) is 0 Å². The first kappa shape index (κ1) is 9.61. The first-order valence-corrected chi connectivity index (χ1v) is 5.94. The highest BCUT2D eigenvalue weighted by atomic mass is 16.5. The highest BCUT2D eigenvalue weighted by Gasteiger charge is 2.53. The maximum absolute atomic E-state index is 9.62. The van der Waals surface area contributed by atoms with E-state index in [4.69, 9.17) is 4.74 Å². The summed E-state index contributed by atoms with van der Waals surface area (Å²) in [5, 5.41) is 9.62. The number of aliphatic hydroxyl groups is 1. The van der Waals surface area contributed by atoms with E-state index in [1.165, 1.54) is 0 Å². The molecule has 15 heavy (non-hydrogen) atoms. The maximum Gasteiger partial charge on any atom is 0.0984 e. The van der Waals surface area contributed by atoms with Gasteiger partial charge in [0.2, 0.25) is 0 Å². The minimum Gasteiger partial charge on any atom is -0.393 e. The Morgan fingerprint density at radius 3 is 2.80 bits per heavy atom. The van der Waals surface area contributed by atoms with Gasteiger partial charge >= 0.3 is 0 Å². The Balaban J connectivity index is 1.92. The van der Waals surface area contributed by atoms with E-state index in [1.54, 1.807) is 0 Å². The lowest BCUT2D eigenvalue weighted by Gasteiger charge is -2.35. The number of aliphatic hydroxyl groups excluding tert-OH is 1. The van der Waals surface area contributed by atoms with Crippen LogP contribution >= 0.6 is 0 Å². The Morgan fingerprint density at radius 2 is 1.93 bits per heavy atom. The highest BCUT2D eigenvalue weighted by Crippen LogP contribution is 2.50. The lowest BCUT2D eigenvalue weighted by Crippen LogP contribution is -2.41. The molecular weight excluding hydrogens is 188 g/mol. The molecule has 3 rings (SSSR count). The van der Waals surface area contributed by atoms with E-state index in [1.807, 2.05) is 0 Å². The summed E-state index contributed by atoms with van der Waals surface area (Å²) in [6.45, 7) is 0.176. The first-order chi connectivity index (χ1) is 7.36. The van der Waals surface area contributed by atoms with Crippen LogP contribution in [0.4, 0.5) is 0 Å². The van der Waals surface area contributed by atoms with E-state index < -0.39 is 0 Å². The van der Waals surface area contributed by atoms with Gasteiger partial charge in [-0.1, -0.05) is 24.3 Å². The lowest BCUT2D eigenvalue weighted by molar-refractivity contribution is -0.0896. The van der Waals surface area contributed by atoms with E-state index in [-0.39, 0.29) is 12.2 Å². The molecule has 0 unspecified atom stereocenters. The molecule has 0 radical (unpaired) electrons. The van der Waals surface area contributed by atoms with Crippen LogP contribution in [0.3, 0.4) is 0 Å². The second-order valence-corrected chi connectivity index (χ2v) is 5.00. The number of allylic oxidation sites excluding steroid dienone is 2. The minimum absolute atomic E-state index is 0.176. The minimum atomic E-state index is -0.254. The van der Waals surface area contributed by atoms with Gasteiger partial charge in [0.15, 0.2) is 0 Å². The molecule has 0 aromatic rings. The molecule has 0 aromatic carbocycles. The van der Waals surface area contributed by atoms with Crippen LogP contribution in [0.2, 0.25) is 0 Å². The molecule has 2 heteroatoms. The molecule has 0 saturated carbocycles. The molecule has 2 aliphatic carbocycles. The summed E-state index contributed by atoms with van der Waals surface area (Å²) in [4.78, 5) is 0. The van der Waals surface area contributed by atoms with Gasteiger partial charge in [-0.25, -0.2) is 0 Å². The quantitative estimate of drug-likeness (QED) is 0.665. The number of hydrogen-bond donors (Lipinski definition) is 1. The average Bonchev–Trinajstić information content (AvgIpc) is 2.64. The predicted octanol–water partition coefficient (Wildman–Crippen LogP) is 2.05. The Hall–Kier alpha value is -0.600. The fourth-order valence-electron chi connectivity index (χ4n) is 3.48. The van der Waals surface area contributed by atoms with E-state index in [0.717, 1.165) is 25.7 Å². The summed E-state index contributed by atoms with van der Waals surface area (Å²) in [5.74, 6) is 1.16. The van der Waals surface area contributed by atoms with E-state index in [2.05, 4.69) is 24.3 Å². The van der Waals surface area contributed by atoms with Crippen molar-refractivity contribution < 1.29 is 9.84 Å². The summed E-state index contributed by atoms with van der Waals surface area (Å²) in [6.07, 6.45) is 13.4. The van der Waals surface area contributed by atoms with Crippen LogP contribution in [0.25, 0.3) is 0 Å². The van der Waals surface area contributed by atoms with Crippen molar-refractivity contribution in [2.75, 3.05) is 6.61 Å². The van der Waals surface area contributed by atoms with Gasteiger partial charge in [-0.3, -0.25) is 0 Å². The molecule has 0 bridgehead atoms. The van der Waals surface area contributed by atoms with Gasteiger partial charge in [-0.2, -0.15) is 0 Å². The normalized spacial score (nSPS) is 47.7. The largest absolute Gasteiger partial charge is 0.393 e. The second kappa shape index (κ2) is 3.46. The monoisotopic (exact) mass is 206 g/mol. The summed E-state index contributed by atoms with van der Waals surface area (Å²) in [5.41, 5.74) is -0.254. The fourth-order valence-corrected chi connectivity index (χ4v) is 3.48. The van der Waals surface area contributed by atoms with Crippen molar-refractivity contribution in [1.82, 2.24) is 0 Å². The summed E-state index contributed by atoms with van der Waals surface area (Å²) >= 11 is 0. The molecule has 1 saturated heterocycles. The van der Waals surface area contributed by atoms with Gasteiger partial charge in [-0.05, 0) is 37.5 Å². The molecule has 1 aliphatic heterocycles. The van der Waals surface area contributed by atoms with Gasteiger partial charge in [0, 0.05) is 0 Å². The van der Waals surface area contributed by atoms with Gasteiger partial charge < -0.3 is 9.84 Å². The van der Waals surface area contributed by atoms with Crippen LogP contribution in [-0.4, -0.2) is 23.4 Å². The van der Waals surface area contributed by atoms with E-state index in [9.17, 15) is 5.11 Å². The molecule has 1 fully saturated rings. The summed E-state index contributed by atoms with van der Waals surface area (Å²) in [7, 11) is 0. The molecule has 0 amide bonds. The molecule has 0 aromatic heterocycles. The van der Waals surface area contributed by atoms with Crippen molar-refractivity contribution in [3.8, 4) is 0 Å². The van der Waals surface area contributed by atoms with Gasteiger partial charge in [0.25, 0.3) is 0 Å². The van der Waals surface area contributed by atoms with Crippen LogP contribution in [0, 0.1) is 11.8 Å². The van der Waals surface area contributed by atoms with Crippen molar-refractivity contribution in [2.45, 2.75) is 37.4 Å². The molecule has 1 N–H and O–H groups in total. The van der Waals surface area contributed by atoms with Crippen LogP contribution < -0.4 is 0 Å². The lowest BCUT2D eigenvalue weighted by atomic mass is 9.71. The van der Waals surface area contributed by atoms with Gasteiger partial charge in [0.1, 0.15) is 0 Å². The zero-order valence-corrected chi connectivity index (χ0v) is 8.93. The molecular formula is C13H18O2. The molecule has 0 spiro atoms. The second-order valence-electron chi connectivity index (χ2n) is 5.00. The highest BCUT2D eigenvalue weighted by molar-refractivity contribution is 5.14. The Kier molecular flexibility index (Phi) is 2.22. The topological polar surface area (TPSA) is 29.5 Å². The predicted molar refractivity (Wildman–Crippen MR) is 58.4 cm³/mol. The van der Waals surface area contributed by atoms with Gasteiger partial charge in [-0.15, -0.1) is 0 Å². The smallest absolute Gasteiger partial charge is 0.0984 e. The zero-order valence-electron chi connectivity index (χ0n) is 8.93. The van der Waals surface area contributed by atoms with Crippen LogP contribution in [-0.2, 0) is 4.74 Å².